The molecule has 2 aromatic carbocycles. The summed E-state index contributed by atoms with van der Waals surface area (Å²) in [5.74, 6) is 0. The number of nitrogen functional groups attached to an aromatic ring is 1. The largest absolute Gasteiger partial charge is 0.399 e. The first-order chi connectivity index (χ1) is 8.70. The first kappa shape index (κ1) is 12.7. The van der Waals surface area contributed by atoms with Crippen LogP contribution in [0.1, 0.15) is 36.1 Å². The summed E-state index contributed by atoms with van der Waals surface area (Å²) in [6.07, 6.45) is 1.58. The molecule has 0 fully saturated rings. The van der Waals surface area contributed by atoms with Crippen molar-refractivity contribution in [3.8, 4) is 0 Å². The van der Waals surface area contributed by atoms with E-state index in [1.807, 2.05) is 36.4 Å². The Bertz CT molecular complexity index is 505. The number of hydrogen-bond acceptors (Lipinski definition) is 2. The highest BCUT2D eigenvalue weighted by molar-refractivity contribution is 5.42. The van der Waals surface area contributed by atoms with Gasteiger partial charge in [0, 0.05) is 5.69 Å². The van der Waals surface area contributed by atoms with Crippen LogP contribution in [0.3, 0.4) is 0 Å². The molecule has 0 spiro atoms. The Morgan fingerprint density at radius 3 is 2.44 bits per heavy atom. The monoisotopic (exact) mass is 241 g/mol. The molecule has 0 bridgehead atoms. The molecule has 2 nitrogen and oxygen atoms in total. The van der Waals surface area contributed by atoms with Crippen LogP contribution in [0.5, 0.6) is 0 Å². The van der Waals surface area contributed by atoms with Crippen molar-refractivity contribution in [1.29, 1.82) is 0 Å². The zero-order chi connectivity index (χ0) is 13.0. The highest BCUT2D eigenvalue weighted by Gasteiger charge is 2.10. The summed E-state index contributed by atoms with van der Waals surface area (Å²) in [5, 5.41) is 10.3. The maximum atomic E-state index is 10.3. The molecule has 0 aliphatic rings. The maximum Gasteiger partial charge on any atom is 0.104 e. The van der Waals surface area contributed by atoms with E-state index in [0.717, 1.165) is 24.0 Å². The van der Waals surface area contributed by atoms with E-state index in [0.29, 0.717) is 5.69 Å². The Kier molecular flexibility index (Phi) is 4.00. The van der Waals surface area contributed by atoms with E-state index in [2.05, 4.69) is 19.1 Å². The summed E-state index contributed by atoms with van der Waals surface area (Å²) >= 11 is 0. The summed E-state index contributed by atoms with van der Waals surface area (Å²) in [7, 11) is 0. The normalized spacial score (nSPS) is 12.3. The zero-order valence-electron chi connectivity index (χ0n) is 10.6. The average molecular weight is 241 g/mol. The van der Waals surface area contributed by atoms with E-state index in [9.17, 15) is 5.11 Å². The van der Waals surface area contributed by atoms with Crippen LogP contribution in [-0.4, -0.2) is 5.11 Å². The van der Waals surface area contributed by atoms with Gasteiger partial charge in [-0.2, -0.15) is 0 Å². The van der Waals surface area contributed by atoms with Gasteiger partial charge >= 0.3 is 0 Å². The van der Waals surface area contributed by atoms with Crippen molar-refractivity contribution in [3.63, 3.8) is 0 Å². The van der Waals surface area contributed by atoms with Crippen molar-refractivity contribution in [2.75, 3.05) is 5.73 Å². The number of aryl methyl sites for hydroxylation is 1. The average Bonchev–Trinajstić information content (AvgIpc) is 2.39. The molecule has 18 heavy (non-hydrogen) atoms. The third-order valence-electron chi connectivity index (χ3n) is 3.06. The van der Waals surface area contributed by atoms with Gasteiger partial charge in [0.1, 0.15) is 6.10 Å². The molecule has 2 heteroatoms. The molecule has 2 rings (SSSR count). The molecule has 0 aliphatic heterocycles. The summed E-state index contributed by atoms with van der Waals surface area (Å²) in [6, 6.07) is 15.5. The Morgan fingerprint density at radius 1 is 1.06 bits per heavy atom. The van der Waals surface area contributed by atoms with Crippen LogP contribution in [-0.2, 0) is 6.42 Å². The van der Waals surface area contributed by atoms with Gasteiger partial charge in [-0.25, -0.2) is 0 Å². The third-order valence-corrected chi connectivity index (χ3v) is 3.06. The minimum atomic E-state index is -0.581. The molecule has 3 N–H and O–H groups in total. The fourth-order valence-corrected chi connectivity index (χ4v) is 2.08. The molecule has 0 aromatic heterocycles. The first-order valence-corrected chi connectivity index (χ1v) is 6.33. The topological polar surface area (TPSA) is 46.2 Å². The smallest absolute Gasteiger partial charge is 0.104 e. The van der Waals surface area contributed by atoms with E-state index in [1.54, 1.807) is 0 Å². The van der Waals surface area contributed by atoms with Crippen LogP contribution in [0, 0.1) is 0 Å². The lowest BCUT2D eigenvalue weighted by Gasteiger charge is -2.13. The molecule has 0 saturated carbocycles. The Hall–Kier alpha value is -1.80. The van der Waals surface area contributed by atoms with Crippen molar-refractivity contribution >= 4 is 5.69 Å². The molecule has 0 radical (unpaired) electrons. The van der Waals surface area contributed by atoms with Gasteiger partial charge in [0.15, 0.2) is 0 Å². The predicted octanol–water partition coefficient (Wildman–Crippen LogP) is 3.30. The third kappa shape index (κ3) is 2.90. The molecular formula is C16H19NO. The van der Waals surface area contributed by atoms with Gasteiger partial charge in [0.25, 0.3) is 0 Å². The number of rotatable bonds is 4. The number of hydrogen-bond donors (Lipinski definition) is 2. The minimum Gasteiger partial charge on any atom is -0.399 e. The molecule has 0 saturated heterocycles. The minimum absolute atomic E-state index is 0.581. The lowest BCUT2D eigenvalue weighted by molar-refractivity contribution is 0.220. The number of benzene rings is 2. The number of nitrogens with two attached hydrogens (primary N) is 1. The van der Waals surface area contributed by atoms with Gasteiger partial charge in [-0.1, -0.05) is 49.7 Å². The predicted molar refractivity (Wildman–Crippen MR) is 75.4 cm³/mol. The Labute approximate surface area is 108 Å². The van der Waals surface area contributed by atoms with Gasteiger partial charge < -0.3 is 10.8 Å². The maximum absolute atomic E-state index is 10.3. The van der Waals surface area contributed by atoms with E-state index in [-0.39, 0.29) is 0 Å². The molecule has 2 aromatic rings. The van der Waals surface area contributed by atoms with Gasteiger partial charge in [-0.3, -0.25) is 0 Å². The van der Waals surface area contributed by atoms with Crippen LogP contribution in [0.25, 0.3) is 0 Å². The fourth-order valence-electron chi connectivity index (χ4n) is 2.08. The molecule has 0 heterocycles. The van der Waals surface area contributed by atoms with E-state index in [4.69, 9.17) is 5.73 Å². The lowest BCUT2D eigenvalue weighted by Crippen LogP contribution is -2.00. The van der Waals surface area contributed by atoms with Crippen LogP contribution in [0.2, 0.25) is 0 Å². The van der Waals surface area contributed by atoms with Crippen LogP contribution in [0.4, 0.5) is 5.69 Å². The van der Waals surface area contributed by atoms with Crippen molar-refractivity contribution in [3.05, 3.63) is 65.2 Å². The summed E-state index contributed by atoms with van der Waals surface area (Å²) in [5.41, 5.74) is 9.44. The highest BCUT2D eigenvalue weighted by Crippen LogP contribution is 2.23. The SMILES string of the molecule is CCCc1cccc(C(O)c2ccc(N)cc2)c1. The van der Waals surface area contributed by atoms with E-state index in [1.165, 1.54) is 5.56 Å². The van der Waals surface area contributed by atoms with Crippen LogP contribution in [0.15, 0.2) is 48.5 Å². The van der Waals surface area contributed by atoms with Gasteiger partial charge in [-0.05, 0) is 35.2 Å². The first-order valence-electron chi connectivity index (χ1n) is 6.33. The fraction of sp³-hybridized carbons (Fsp3) is 0.250. The molecule has 0 aliphatic carbocycles. The van der Waals surface area contributed by atoms with E-state index < -0.39 is 6.10 Å². The summed E-state index contributed by atoms with van der Waals surface area (Å²) in [6.45, 7) is 2.16. The second-order valence-corrected chi connectivity index (χ2v) is 4.56. The molecule has 94 valence electrons. The molecule has 1 unspecified atom stereocenters. The van der Waals surface area contributed by atoms with Gasteiger partial charge in [0.05, 0.1) is 0 Å². The number of aliphatic hydroxyl groups is 1. The molecular weight excluding hydrogens is 222 g/mol. The van der Waals surface area contributed by atoms with Crippen molar-refractivity contribution < 1.29 is 5.11 Å². The number of anilines is 1. The Balaban J connectivity index is 2.24. The van der Waals surface area contributed by atoms with Crippen LogP contribution < -0.4 is 5.73 Å². The van der Waals surface area contributed by atoms with Crippen molar-refractivity contribution in [2.24, 2.45) is 0 Å². The summed E-state index contributed by atoms with van der Waals surface area (Å²) in [4.78, 5) is 0. The second-order valence-electron chi connectivity index (χ2n) is 4.56. The molecule has 1 atom stereocenters. The standard InChI is InChI=1S/C16H19NO/c1-2-4-12-5-3-6-14(11-12)16(18)13-7-9-15(17)10-8-13/h3,5-11,16,18H,2,4,17H2,1H3. The van der Waals surface area contributed by atoms with Gasteiger partial charge in [0.2, 0.25) is 0 Å². The summed E-state index contributed by atoms with van der Waals surface area (Å²) < 4.78 is 0. The zero-order valence-corrected chi connectivity index (χ0v) is 10.6. The number of aliphatic hydroxyl groups excluding tert-OH is 1. The second kappa shape index (κ2) is 5.69. The van der Waals surface area contributed by atoms with Crippen LogP contribution >= 0.6 is 0 Å². The quantitative estimate of drug-likeness (QED) is 0.807. The Morgan fingerprint density at radius 2 is 1.78 bits per heavy atom. The van der Waals surface area contributed by atoms with Crippen molar-refractivity contribution in [1.82, 2.24) is 0 Å². The van der Waals surface area contributed by atoms with Gasteiger partial charge in [-0.15, -0.1) is 0 Å². The lowest BCUT2D eigenvalue weighted by atomic mass is 9.98. The van der Waals surface area contributed by atoms with Crippen molar-refractivity contribution in [2.45, 2.75) is 25.9 Å². The van der Waals surface area contributed by atoms with E-state index >= 15 is 0 Å². The molecule has 0 amide bonds. The highest BCUT2D eigenvalue weighted by atomic mass is 16.3.